The molecule has 5 heteroatoms. The van der Waals surface area contributed by atoms with Gasteiger partial charge in [-0.15, -0.1) is 0 Å². The van der Waals surface area contributed by atoms with Crippen LogP contribution in [0.3, 0.4) is 0 Å². The number of carbonyl (C=O) groups is 1. The third-order valence-electron chi connectivity index (χ3n) is 2.90. The first kappa shape index (κ1) is 10.9. The molecule has 1 unspecified atom stereocenters. The van der Waals surface area contributed by atoms with Crippen molar-refractivity contribution in [2.24, 2.45) is 11.8 Å². The second-order valence-electron chi connectivity index (χ2n) is 4.35. The van der Waals surface area contributed by atoms with Crippen LogP contribution in [0.1, 0.15) is 30.3 Å². The van der Waals surface area contributed by atoms with Crippen LogP contribution in [0.5, 0.6) is 0 Å². The number of amides is 1. The normalized spacial score (nSPS) is 16.8. The van der Waals surface area contributed by atoms with Gasteiger partial charge in [-0.25, -0.2) is 4.98 Å². The molecule has 1 aliphatic carbocycles. The van der Waals surface area contributed by atoms with E-state index in [0.717, 1.165) is 5.92 Å². The third kappa shape index (κ3) is 2.68. The molecule has 1 fully saturated rings. The van der Waals surface area contributed by atoms with E-state index in [-0.39, 0.29) is 17.4 Å². The first-order valence-electron chi connectivity index (χ1n) is 5.52. The summed E-state index contributed by atoms with van der Waals surface area (Å²) in [4.78, 5) is 19.4. The van der Waals surface area contributed by atoms with Crippen LogP contribution >= 0.6 is 0 Å². The first-order valence-corrected chi connectivity index (χ1v) is 5.52. The molecule has 1 atom stereocenters. The number of anilines is 1. The van der Waals surface area contributed by atoms with Crippen LogP contribution in [0.2, 0.25) is 0 Å². The summed E-state index contributed by atoms with van der Waals surface area (Å²) in [6, 6.07) is 0. The maximum atomic E-state index is 11.7. The number of aromatic nitrogens is 2. The number of nitrogens with one attached hydrogen (secondary N) is 1. The van der Waals surface area contributed by atoms with Crippen molar-refractivity contribution in [3.8, 4) is 0 Å². The fraction of sp³-hybridized carbons (Fsp3) is 0.545. The van der Waals surface area contributed by atoms with Crippen LogP contribution in [-0.2, 0) is 0 Å². The summed E-state index contributed by atoms with van der Waals surface area (Å²) in [7, 11) is 0. The second kappa shape index (κ2) is 4.47. The summed E-state index contributed by atoms with van der Waals surface area (Å²) < 4.78 is 0. The maximum Gasteiger partial charge on any atom is 0.271 e. The molecule has 0 radical (unpaired) electrons. The Bertz CT molecular complexity index is 389. The lowest BCUT2D eigenvalue weighted by Crippen LogP contribution is -2.29. The topological polar surface area (TPSA) is 80.9 Å². The molecule has 5 nitrogen and oxygen atoms in total. The zero-order valence-electron chi connectivity index (χ0n) is 9.31. The van der Waals surface area contributed by atoms with Gasteiger partial charge in [-0.1, -0.05) is 6.92 Å². The monoisotopic (exact) mass is 220 g/mol. The van der Waals surface area contributed by atoms with Crippen LogP contribution in [-0.4, -0.2) is 22.4 Å². The van der Waals surface area contributed by atoms with E-state index in [1.54, 1.807) is 0 Å². The summed E-state index contributed by atoms with van der Waals surface area (Å²) in [6.45, 7) is 2.85. The van der Waals surface area contributed by atoms with Gasteiger partial charge >= 0.3 is 0 Å². The number of hydrogen-bond acceptors (Lipinski definition) is 4. The molecule has 3 N–H and O–H groups in total. The lowest BCUT2D eigenvalue weighted by atomic mass is 10.1. The van der Waals surface area contributed by atoms with Crippen molar-refractivity contribution >= 4 is 11.7 Å². The molecule has 0 aliphatic heterocycles. The molecule has 0 saturated heterocycles. The highest BCUT2D eigenvalue weighted by Crippen LogP contribution is 2.36. The highest BCUT2D eigenvalue weighted by molar-refractivity contribution is 5.92. The summed E-state index contributed by atoms with van der Waals surface area (Å²) in [5.41, 5.74) is 5.74. The smallest absolute Gasteiger partial charge is 0.271 e. The van der Waals surface area contributed by atoms with E-state index in [1.807, 2.05) is 0 Å². The molecule has 1 heterocycles. The summed E-state index contributed by atoms with van der Waals surface area (Å²) in [5.74, 6) is 1.39. The summed E-state index contributed by atoms with van der Waals surface area (Å²) in [6.07, 6.45) is 5.42. The zero-order chi connectivity index (χ0) is 11.5. The van der Waals surface area contributed by atoms with E-state index in [2.05, 4.69) is 22.2 Å². The lowest BCUT2D eigenvalue weighted by molar-refractivity contribution is 0.0941. The SMILES string of the molecule is CC(CNC(=O)c1cncc(N)n1)C1CC1. The molecule has 0 spiro atoms. The fourth-order valence-electron chi connectivity index (χ4n) is 1.67. The van der Waals surface area contributed by atoms with Crippen LogP contribution in [0, 0.1) is 11.8 Å². The highest BCUT2D eigenvalue weighted by atomic mass is 16.1. The molecule has 1 saturated carbocycles. The molecule has 2 rings (SSSR count). The minimum absolute atomic E-state index is 0.202. The van der Waals surface area contributed by atoms with E-state index >= 15 is 0 Å². The van der Waals surface area contributed by atoms with Gasteiger partial charge in [-0.05, 0) is 24.7 Å². The van der Waals surface area contributed by atoms with Gasteiger partial charge in [0, 0.05) is 6.54 Å². The van der Waals surface area contributed by atoms with Gasteiger partial charge in [0.25, 0.3) is 5.91 Å². The molecule has 0 aromatic carbocycles. The molecule has 0 bridgehead atoms. The van der Waals surface area contributed by atoms with Gasteiger partial charge in [0.1, 0.15) is 11.5 Å². The Hall–Kier alpha value is -1.65. The Morgan fingerprint density at radius 2 is 2.38 bits per heavy atom. The molecule has 1 aromatic rings. The average Bonchev–Trinajstić information content (AvgIpc) is 3.09. The molecular formula is C11H16N4O. The van der Waals surface area contributed by atoms with Gasteiger partial charge in [-0.3, -0.25) is 9.78 Å². The zero-order valence-corrected chi connectivity index (χ0v) is 9.31. The number of nitrogens with two attached hydrogens (primary N) is 1. The van der Waals surface area contributed by atoms with Crippen molar-refractivity contribution in [2.45, 2.75) is 19.8 Å². The Morgan fingerprint density at radius 3 is 3.00 bits per heavy atom. The minimum Gasteiger partial charge on any atom is -0.382 e. The third-order valence-corrected chi connectivity index (χ3v) is 2.90. The Kier molecular flexibility index (Phi) is 3.03. The quantitative estimate of drug-likeness (QED) is 0.787. The van der Waals surface area contributed by atoms with Crippen molar-refractivity contribution in [2.75, 3.05) is 12.3 Å². The number of nitrogen functional groups attached to an aromatic ring is 1. The standard InChI is InChI=1S/C11H16N4O/c1-7(8-2-3-8)4-14-11(16)9-5-13-6-10(12)15-9/h5-8H,2-4H2,1H3,(H2,12,15)(H,14,16). The van der Waals surface area contributed by atoms with Crippen LogP contribution in [0.15, 0.2) is 12.4 Å². The molecule has 1 aromatic heterocycles. The summed E-state index contributed by atoms with van der Waals surface area (Å²) >= 11 is 0. The predicted octanol–water partition coefficient (Wildman–Crippen LogP) is 0.835. The number of rotatable bonds is 4. The van der Waals surface area contributed by atoms with Gasteiger partial charge in [0.15, 0.2) is 0 Å². The second-order valence-corrected chi connectivity index (χ2v) is 4.35. The van der Waals surface area contributed by atoms with Gasteiger partial charge < -0.3 is 11.1 Å². The van der Waals surface area contributed by atoms with Crippen molar-refractivity contribution < 1.29 is 4.79 Å². The van der Waals surface area contributed by atoms with Crippen LogP contribution in [0.25, 0.3) is 0 Å². The van der Waals surface area contributed by atoms with E-state index in [9.17, 15) is 4.79 Å². The molecular weight excluding hydrogens is 204 g/mol. The van der Waals surface area contributed by atoms with Crippen molar-refractivity contribution in [3.05, 3.63) is 18.1 Å². The Morgan fingerprint density at radius 1 is 1.62 bits per heavy atom. The molecule has 1 amide bonds. The van der Waals surface area contributed by atoms with Gasteiger partial charge in [0.05, 0.1) is 12.4 Å². The van der Waals surface area contributed by atoms with E-state index in [0.29, 0.717) is 12.5 Å². The summed E-state index contributed by atoms with van der Waals surface area (Å²) in [5, 5.41) is 2.85. The van der Waals surface area contributed by atoms with E-state index < -0.39 is 0 Å². The van der Waals surface area contributed by atoms with Crippen LogP contribution in [0.4, 0.5) is 5.82 Å². The van der Waals surface area contributed by atoms with Crippen LogP contribution < -0.4 is 11.1 Å². The lowest BCUT2D eigenvalue weighted by Gasteiger charge is -2.10. The first-order chi connectivity index (χ1) is 7.66. The molecule has 1 aliphatic rings. The van der Waals surface area contributed by atoms with E-state index in [1.165, 1.54) is 25.2 Å². The van der Waals surface area contributed by atoms with Crippen molar-refractivity contribution in [1.82, 2.24) is 15.3 Å². The highest BCUT2D eigenvalue weighted by Gasteiger charge is 2.27. The predicted molar refractivity (Wildman–Crippen MR) is 60.7 cm³/mol. The minimum atomic E-state index is -0.202. The van der Waals surface area contributed by atoms with Crippen molar-refractivity contribution in [3.63, 3.8) is 0 Å². The Balaban J connectivity index is 1.87. The fourth-order valence-corrected chi connectivity index (χ4v) is 1.67. The number of carbonyl (C=O) groups excluding carboxylic acids is 1. The largest absolute Gasteiger partial charge is 0.382 e. The molecule has 16 heavy (non-hydrogen) atoms. The number of hydrogen-bond donors (Lipinski definition) is 2. The number of nitrogens with zero attached hydrogens (tertiary/aromatic N) is 2. The Labute approximate surface area is 94.5 Å². The van der Waals surface area contributed by atoms with E-state index in [4.69, 9.17) is 5.73 Å². The van der Waals surface area contributed by atoms with Crippen molar-refractivity contribution in [1.29, 1.82) is 0 Å². The van der Waals surface area contributed by atoms with Gasteiger partial charge in [0.2, 0.25) is 0 Å². The average molecular weight is 220 g/mol. The van der Waals surface area contributed by atoms with Gasteiger partial charge in [-0.2, -0.15) is 0 Å². The molecule has 86 valence electrons. The maximum absolute atomic E-state index is 11.7.